The van der Waals surface area contributed by atoms with E-state index >= 15 is 0 Å². The van der Waals surface area contributed by atoms with Crippen LogP contribution in [0.1, 0.15) is 29.9 Å². The Balaban J connectivity index is 1.73. The number of hydrogen-bond acceptors (Lipinski definition) is 3. The van der Waals surface area contributed by atoms with E-state index in [4.69, 9.17) is 0 Å². The van der Waals surface area contributed by atoms with Crippen molar-refractivity contribution in [3.05, 3.63) is 47.5 Å². The molecule has 0 bridgehead atoms. The molecule has 0 saturated heterocycles. The van der Waals surface area contributed by atoms with Crippen molar-refractivity contribution in [3.63, 3.8) is 0 Å². The molecule has 2 aromatic heterocycles. The van der Waals surface area contributed by atoms with Crippen LogP contribution in [0.4, 0.5) is 0 Å². The van der Waals surface area contributed by atoms with E-state index in [1.54, 1.807) is 6.33 Å². The number of nitrogens with one attached hydrogen (secondary N) is 2. The number of carbonyl (C=O) groups is 1. The molecule has 1 aromatic carbocycles. The number of H-pyrrole nitrogens is 1. The first kappa shape index (κ1) is 14.3. The van der Waals surface area contributed by atoms with Gasteiger partial charge in [0.25, 0.3) is 0 Å². The summed E-state index contributed by atoms with van der Waals surface area (Å²) >= 11 is 0. The second kappa shape index (κ2) is 5.63. The Morgan fingerprint density at radius 1 is 1.36 bits per heavy atom. The molecule has 0 aliphatic carbocycles. The van der Waals surface area contributed by atoms with E-state index in [2.05, 4.69) is 20.5 Å². The molecule has 1 amide bonds. The Morgan fingerprint density at radius 3 is 2.86 bits per heavy atom. The van der Waals surface area contributed by atoms with E-state index in [9.17, 15) is 4.79 Å². The summed E-state index contributed by atoms with van der Waals surface area (Å²) in [6.07, 6.45) is 1.70. The third-order valence-electron chi connectivity index (χ3n) is 3.84. The summed E-state index contributed by atoms with van der Waals surface area (Å²) in [5, 5.41) is 10.1. The number of imidazole rings is 1. The SMILES string of the molecule is Cc1n[nH]c(C)c1[C@H](C)NC(=O)Cn1cnc2ccccc21. The zero-order valence-corrected chi connectivity index (χ0v) is 12.9. The third-order valence-corrected chi connectivity index (χ3v) is 3.84. The van der Waals surface area contributed by atoms with Crippen molar-refractivity contribution in [1.29, 1.82) is 0 Å². The van der Waals surface area contributed by atoms with E-state index in [0.29, 0.717) is 0 Å². The Labute approximate surface area is 128 Å². The number of nitrogens with zero attached hydrogens (tertiary/aromatic N) is 3. The van der Waals surface area contributed by atoms with Crippen LogP contribution in [0.2, 0.25) is 0 Å². The molecule has 0 spiro atoms. The Kier molecular flexibility index (Phi) is 3.66. The predicted molar refractivity (Wildman–Crippen MR) is 84.4 cm³/mol. The molecule has 22 heavy (non-hydrogen) atoms. The standard InChI is InChI=1S/C16H19N5O/c1-10(16-11(2)19-20-12(16)3)18-15(22)8-21-9-17-13-6-4-5-7-14(13)21/h4-7,9-10H,8H2,1-3H3,(H,18,22)(H,19,20)/t10-/m0/s1. The van der Waals surface area contributed by atoms with Gasteiger partial charge in [-0.15, -0.1) is 0 Å². The fourth-order valence-electron chi connectivity index (χ4n) is 2.85. The molecule has 2 N–H and O–H groups in total. The summed E-state index contributed by atoms with van der Waals surface area (Å²) in [5.41, 5.74) is 4.80. The number of aromatic amines is 1. The van der Waals surface area contributed by atoms with Crippen molar-refractivity contribution in [2.75, 3.05) is 0 Å². The maximum Gasteiger partial charge on any atom is 0.240 e. The van der Waals surface area contributed by atoms with Gasteiger partial charge in [-0.3, -0.25) is 9.89 Å². The Hall–Kier alpha value is -2.63. The average Bonchev–Trinajstić information content (AvgIpc) is 3.03. The molecule has 0 fully saturated rings. The molecule has 0 aliphatic rings. The summed E-state index contributed by atoms with van der Waals surface area (Å²) in [5.74, 6) is -0.0457. The molecule has 3 rings (SSSR count). The number of aryl methyl sites for hydroxylation is 2. The zero-order valence-electron chi connectivity index (χ0n) is 12.9. The summed E-state index contributed by atoms with van der Waals surface area (Å²) in [4.78, 5) is 16.6. The molecule has 0 unspecified atom stereocenters. The first-order chi connectivity index (χ1) is 10.6. The normalized spacial score (nSPS) is 12.5. The van der Waals surface area contributed by atoms with Gasteiger partial charge in [0, 0.05) is 11.3 Å². The topological polar surface area (TPSA) is 75.6 Å². The largest absolute Gasteiger partial charge is 0.348 e. The minimum atomic E-state index is -0.0824. The molecule has 0 radical (unpaired) electrons. The van der Waals surface area contributed by atoms with Crippen LogP contribution in [0.15, 0.2) is 30.6 Å². The van der Waals surface area contributed by atoms with Crippen molar-refractivity contribution in [2.24, 2.45) is 0 Å². The van der Waals surface area contributed by atoms with Crippen LogP contribution in [-0.4, -0.2) is 25.7 Å². The monoisotopic (exact) mass is 297 g/mol. The van der Waals surface area contributed by atoms with Gasteiger partial charge in [-0.05, 0) is 32.9 Å². The molecule has 3 aromatic rings. The molecule has 1 atom stereocenters. The van der Waals surface area contributed by atoms with E-state index in [0.717, 1.165) is 28.0 Å². The molecule has 6 nitrogen and oxygen atoms in total. The Morgan fingerprint density at radius 2 is 2.14 bits per heavy atom. The molecule has 114 valence electrons. The highest BCUT2D eigenvalue weighted by Gasteiger charge is 2.17. The summed E-state index contributed by atoms with van der Waals surface area (Å²) in [7, 11) is 0. The van der Waals surface area contributed by atoms with Gasteiger partial charge < -0.3 is 9.88 Å². The highest BCUT2D eigenvalue weighted by molar-refractivity contribution is 5.80. The molecule has 0 saturated carbocycles. The predicted octanol–water partition coefficient (Wildman–Crippen LogP) is 2.25. The van der Waals surface area contributed by atoms with Gasteiger partial charge in [0.15, 0.2) is 0 Å². The molecule has 6 heteroatoms. The van der Waals surface area contributed by atoms with Gasteiger partial charge in [0.05, 0.1) is 29.1 Å². The van der Waals surface area contributed by atoms with Crippen molar-refractivity contribution in [2.45, 2.75) is 33.4 Å². The highest BCUT2D eigenvalue weighted by atomic mass is 16.2. The van der Waals surface area contributed by atoms with Crippen LogP contribution < -0.4 is 5.32 Å². The lowest BCUT2D eigenvalue weighted by atomic mass is 10.1. The number of rotatable bonds is 4. The zero-order chi connectivity index (χ0) is 15.7. The van der Waals surface area contributed by atoms with Gasteiger partial charge in [-0.2, -0.15) is 5.10 Å². The number of hydrogen-bond donors (Lipinski definition) is 2. The maximum atomic E-state index is 12.3. The van der Waals surface area contributed by atoms with Gasteiger partial charge in [0.2, 0.25) is 5.91 Å². The average molecular weight is 297 g/mol. The van der Waals surface area contributed by atoms with Crippen molar-refractivity contribution >= 4 is 16.9 Å². The van der Waals surface area contributed by atoms with Gasteiger partial charge >= 0.3 is 0 Å². The fraction of sp³-hybridized carbons (Fsp3) is 0.312. The molecule has 2 heterocycles. The minimum Gasteiger partial charge on any atom is -0.348 e. The Bertz CT molecular complexity index is 797. The van der Waals surface area contributed by atoms with E-state index < -0.39 is 0 Å². The van der Waals surface area contributed by atoms with Crippen molar-refractivity contribution in [3.8, 4) is 0 Å². The fourth-order valence-corrected chi connectivity index (χ4v) is 2.85. The van der Waals surface area contributed by atoms with E-state index in [1.165, 1.54) is 0 Å². The number of para-hydroxylation sites is 2. The van der Waals surface area contributed by atoms with Crippen molar-refractivity contribution < 1.29 is 4.79 Å². The van der Waals surface area contributed by atoms with Gasteiger partial charge in [-0.25, -0.2) is 4.98 Å². The second-order valence-corrected chi connectivity index (χ2v) is 5.50. The lowest BCUT2D eigenvalue weighted by Crippen LogP contribution is -2.30. The van der Waals surface area contributed by atoms with Gasteiger partial charge in [-0.1, -0.05) is 12.1 Å². The van der Waals surface area contributed by atoms with Crippen LogP contribution in [0, 0.1) is 13.8 Å². The maximum absolute atomic E-state index is 12.3. The minimum absolute atomic E-state index is 0.0457. The first-order valence-electron chi connectivity index (χ1n) is 7.27. The van der Waals surface area contributed by atoms with Crippen LogP contribution in [0.5, 0.6) is 0 Å². The van der Waals surface area contributed by atoms with Crippen LogP contribution in [-0.2, 0) is 11.3 Å². The van der Waals surface area contributed by atoms with Crippen molar-refractivity contribution in [1.82, 2.24) is 25.1 Å². The summed E-state index contributed by atoms with van der Waals surface area (Å²) in [6.45, 7) is 6.11. The molecule has 0 aliphatic heterocycles. The molecular formula is C16H19N5O. The summed E-state index contributed by atoms with van der Waals surface area (Å²) in [6, 6.07) is 7.69. The smallest absolute Gasteiger partial charge is 0.240 e. The lowest BCUT2D eigenvalue weighted by molar-refractivity contribution is -0.122. The number of carbonyl (C=O) groups excluding carboxylic acids is 1. The second-order valence-electron chi connectivity index (χ2n) is 5.50. The summed E-state index contributed by atoms with van der Waals surface area (Å²) < 4.78 is 1.85. The number of fused-ring (bicyclic) bond motifs is 1. The number of benzene rings is 1. The van der Waals surface area contributed by atoms with E-state index in [1.807, 2.05) is 49.6 Å². The first-order valence-corrected chi connectivity index (χ1v) is 7.27. The highest BCUT2D eigenvalue weighted by Crippen LogP contribution is 2.19. The quantitative estimate of drug-likeness (QED) is 0.775. The van der Waals surface area contributed by atoms with E-state index in [-0.39, 0.29) is 18.5 Å². The van der Waals surface area contributed by atoms with Crippen LogP contribution >= 0.6 is 0 Å². The lowest BCUT2D eigenvalue weighted by Gasteiger charge is -2.15. The number of amides is 1. The van der Waals surface area contributed by atoms with Gasteiger partial charge in [0.1, 0.15) is 6.54 Å². The van der Waals surface area contributed by atoms with Crippen LogP contribution in [0.3, 0.4) is 0 Å². The molecular weight excluding hydrogens is 278 g/mol. The number of aromatic nitrogens is 4. The third kappa shape index (κ3) is 2.59. The van der Waals surface area contributed by atoms with Crippen LogP contribution in [0.25, 0.3) is 11.0 Å².